The topological polar surface area (TPSA) is 27.1 Å². The summed E-state index contributed by atoms with van der Waals surface area (Å²) in [6, 6.07) is 8.20. The van der Waals surface area contributed by atoms with Gasteiger partial charge in [-0.05, 0) is 30.4 Å². The Bertz CT molecular complexity index is 594. The monoisotopic (exact) mass is 276 g/mol. The fraction of sp³-hybridized carbons (Fsp3) is 0.400. The van der Waals surface area contributed by atoms with Crippen LogP contribution in [0.25, 0.3) is 0 Å². The fourth-order valence-electron chi connectivity index (χ4n) is 2.93. The van der Waals surface area contributed by atoms with Crippen molar-refractivity contribution in [3.8, 4) is 5.75 Å². The van der Waals surface area contributed by atoms with E-state index in [0.29, 0.717) is 5.92 Å². The molecule has 2 aromatic rings. The van der Waals surface area contributed by atoms with Crippen molar-refractivity contribution in [2.75, 3.05) is 7.11 Å². The van der Waals surface area contributed by atoms with Gasteiger partial charge in [-0.2, -0.15) is 5.10 Å². The summed E-state index contributed by atoms with van der Waals surface area (Å²) in [6.45, 7) is 0. The van der Waals surface area contributed by atoms with Crippen molar-refractivity contribution in [1.29, 1.82) is 0 Å². The van der Waals surface area contributed by atoms with Crippen LogP contribution in [-0.2, 0) is 13.5 Å². The quantitative estimate of drug-likeness (QED) is 0.786. The summed E-state index contributed by atoms with van der Waals surface area (Å²) in [6.07, 6.45) is 3.79. The number of nitrogens with zero attached hydrogens (tertiary/aromatic N) is 2. The molecule has 0 saturated carbocycles. The molecule has 1 heterocycles. The van der Waals surface area contributed by atoms with Crippen LogP contribution in [0.15, 0.2) is 30.5 Å². The van der Waals surface area contributed by atoms with E-state index in [9.17, 15) is 0 Å². The lowest BCUT2D eigenvalue weighted by molar-refractivity contribution is 0.400. The van der Waals surface area contributed by atoms with Crippen molar-refractivity contribution < 1.29 is 4.74 Å². The first kappa shape index (κ1) is 12.5. The van der Waals surface area contributed by atoms with Crippen LogP contribution in [0.3, 0.4) is 0 Å². The number of ether oxygens (including phenoxy) is 1. The molecule has 1 aliphatic rings. The molecule has 0 amide bonds. The summed E-state index contributed by atoms with van der Waals surface area (Å²) in [4.78, 5) is 0. The van der Waals surface area contributed by atoms with Gasteiger partial charge < -0.3 is 4.74 Å². The Kier molecular flexibility index (Phi) is 3.23. The van der Waals surface area contributed by atoms with Crippen molar-refractivity contribution in [3.05, 3.63) is 47.3 Å². The van der Waals surface area contributed by atoms with Crippen molar-refractivity contribution in [2.45, 2.75) is 24.1 Å². The predicted molar refractivity (Wildman–Crippen MR) is 75.9 cm³/mol. The average molecular weight is 277 g/mol. The van der Waals surface area contributed by atoms with Crippen molar-refractivity contribution in [1.82, 2.24) is 9.78 Å². The molecule has 1 aromatic heterocycles. The first-order valence-electron chi connectivity index (χ1n) is 6.48. The summed E-state index contributed by atoms with van der Waals surface area (Å²) in [5, 5.41) is 4.35. The zero-order valence-electron chi connectivity index (χ0n) is 11.1. The smallest absolute Gasteiger partial charge is 0.122 e. The second kappa shape index (κ2) is 4.89. The number of fused-ring (bicyclic) bond motifs is 1. The van der Waals surface area contributed by atoms with Gasteiger partial charge >= 0.3 is 0 Å². The largest absolute Gasteiger partial charge is 0.496 e. The molecule has 0 N–H and O–H groups in total. The molecule has 4 heteroatoms. The minimum absolute atomic E-state index is 0.0346. The first-order valence-corrected chi connectivity index (χ1v) is 6.92. The summed E-state index contributed by atoms with van der Waals surface area (Å²) in [5.74, 6) is 1.34. The lowest BCUT2D eigenvalue weighted by atomic mass is 9.82. The molecule has 1 aromatic carbocycles. The Morgan fingerprint density at radius 3 is 2.89 bits per heavy atom. The maximum absolute atomic E-state index is 6.51. The molecule has 0 bridgehead atoms. The molecular formula is C15H17ClN2O. The van der Waals surface area contributed by atoms with Crippen LogP contribution in [0.2, 0.25) is 0 Å². The summed E-state index contributed by atoms with van der Waals surface area (Å²) >= 11 is 6.51. The van der Waals surface area contributed by atoms with E-state index in [0.717, 1.165) is 18.6 Å². The third-order valence-electron chi connectivity index (χ3n) is 3.94. The van der Waals surface area contributed by atoms with Crippen LogP contribution in [0.5, 0.6) is 5.75 Å². The zero-order valence-corrected chi connectivity index (χ0v) is 11.9. The third kappa shape index (κ3) is 2.12. The molecule has 0 aliphatic heterocycles. The van der Waals surface area contributed by atoms with Gasteiger partial charge in [0, 0.05) is 18.3 Å². The Morgan fingerprint density at radius 2 is 2.11 bits per heavy atom. The molecule has 3 rings (SSSR count). The van der Waals surface area contributed by atoms with E-state index in [1.54, 1.807) is 7.11 Å². The molecule has 0 radical (unpaired) electrons. The van der Waals surface area contributed by atoms with Crippen molar-refractivity contribution in [3.63, 3.8) is 0 Å². The molecule has 2 atom stereocenters. The number of hydrogen-bond acceptors (Lipinski definition) is 2. The van der Waals surface area contributed by atoms with E-state index in [-0.39, 0.29) is 5.38 Å². The Hall–Kier alpha value is -1.48. The molecule has 100 valence electrons. The van der Waals surface area contributed by atoms with Gasteiger partial charge in [-0.3, -0.25) is 4.68 Å². The summed E-state index contributed by atoms with van der Waals surface area (Å²) in [5.41, 5.74) is 3.65. The lowest BCUT2D eigenvalue weighted by Crippen LogP contribution is -2.17. The average Bonchev–Trinajstić information content (AvgIpc) is 2.81. The number of aryl methyl sites for hydroxylation is 1. The van der Waals surface area contributed by atoms with Gasteiger partial charge in [-0.15, -0.1) is 11.6 Å². The minimum Gasteiger partial charge on any atom is -0.496 e. The zero-order chi connectivity index (χ0) is 13.4. The molecule has 19 heavy (non-hydrogen) atoms. The minimum atomic E-state index is 0.0346. The molecule has 1 aliphatic carbocycles. The van der Waals surface area contributed by atoms with Gasteiger partial charge in [0.05, 0.1) is 18.7 Å². The highest BCUT2D eigenvalue weighted by Gasteiger charge is 2.30. The normalized spacial score (nSPS) is 22.1. The van der Waals surface area contributed by atoms with Crippen LogP contribution >= 0.6 is 11.6 Å². The molecule has 0 fully saturated rings. The van der Waals surface area contributed by atoms with E-state index in [4.69, 9.17) is 16.3 Å². The predicted octanol–water partition coefficient (Wildman–Crippen LogP) is 3.44. The highest BCUT2D eigenvalue weighted by Crippen LogP contribution is 2.43. The number of para-hydroxylation sites is 1. The number of benzene rings is 1. The maximum Gasteiger partial charge on any atom is 0.122 e. The van der Waals surface area contributed by atoms with Crippen molar-refractivity contribution >= 4 is 11.6 Å². The Morgan fingerprint density at radius 1 is 1.32 bits per heavy atom. The number of hydrogen-bond donors (Lipinski definition) is 0. The van der Waals surface area contributed by atoms with Gasteiger partial charge in [0.1, 0.15) is 5.75 Å². The van der Waals surface area contributed by atoms with E-state index in [1.807, 2.05) is 30.1 Å². The van der Waals surface area contributed by atoms with Gasteiger partial charge in [-0.25, -0.2) is 0 Å². The van der Waals surface area contributed by atoms with E-state index >= 15 is 0 Å². The molecule has 0 saturated heterocycles. The van der Waals surface area contributed by atoms with E-state index in [2.05, 4.69) is 17.2 Å². The number of aromatic nitrogens is 2. The SMILES string of the molecule is COc1ccccc1C1Cc2c(cnn2C)C(Cl)C1. The number of rotatable bonds is 2. The van der Waals surface area contributed by atoms with Crippen LogP contribution in [0.4, 0.5) is 0 Å². The number of alkyl halides is 1. The first-order chi connectivity index (χ1) is 9.20. The van der Waals surface area contributed by atoms with Gasteiger partial charge in [-0.1, -0.05) is 18.2 Å². The second-order valence-electron chi connectivity index (χ2n) is 5.02. The summed E-state index contributed by atoms with van der Waals surface area (Å²) in [7, 11) is 3.70. The van der Waals surface area contributed by atoms with Crippen molar-refractivity contribution in [2.24, 2.45) is 7.05 Å². The lowest BCUT2D eigenvalue weighted by Gasteiger charge is -2.27. The van der Waals surface area contributed by atoms with Gasteiger partial charge in [0.2, 0.25) is 0 Å². The molecule has 3 nitrogen and oxygen atoms in total. The van der Waals surface area contributed by atoms with Crippen LogP contribution in [0, 0.1) is 0 Å². The molecule has 2 unspecified atom stereocenters. The highest BCUT2D eigenvalue weighted by atomic mass is 35.5. The number of methoxy groups -OCH3 is 1. The van der Waals surface area contributed by atoms with Gasteiger partial charge in [0.25, 0.3) is 0 Å². The number of halogens is 1. The van der Waals surface area contributed by atoms with E-state index < -0.39 is 0 Å². The third-order valence-corrected chi connectivity index (χ3v) is 4.35. The Balaban J connectivity index is 1.98. The summed E-state index contributed by atoms with van der Waals surface area (Å²) < 4.78 is 7.40. The standard InChI is InChI=1S/C15H17ClN2O/c1-18-14-8-10(7-13(16)12(14)9-17-18)11-5-3-4-6-15(11)19-2/h3-6,9-10,13H,7-8H2,1-2H3. The van der Waals surface area contributed by atoms with E-state index in [1.165, 1.54) is 16.8 Å². The fourth-order valence-corrected chi connectivity index (χ4v) is 3.32. The van der Waals surface area contributed by atoms with Gasteiger partial charge in [0.15, 0.2) is 0 Å². The molecule has 0 spiro atoms. The van der Waals surface area contributed by atoms with Crippen LogP contribution < -0.4 is 4.74 Å². The Labute approximate surface area is 118 Å². The second-order valence-corrected chi connectivity index (χ2v) is 5.54. The van der Waals surface area contributed by atoms with Crippen LogP contribution in [-0.4, -0.2) is 16.9 Å². The maximum atomic E-state index is 6.51. The molecular weight excluding hydrogens is 260 g/mol. The highest BCUT2D eigenvalue weighted by molar-refractivity contribution is 6.21. The van der Waals surface area contributed by atoms with Crippen LogP contribution in [0.1, 0.15) is 34.5 Å².